The topological polar surface area (TPSA) is 60.5 Å². The summed E-state index contributed by atoms with van der Waals surface area (Å²) < 4.78 is 0.816. The molecule has 13 heavy (non-hydrogen) atoms. The lowest BCUT2D eigenvalue weighted by molar-refractivity contribution is 1.30. The summed E-state index contributed by atoms with van der Waals surface area (Å²) in [6.45, 7) is 0. The second-order valence-corrected chi connectivity index (χ2v) is 3.13. The first-order valence-electron chi connectivity index (χ1n) is 3.38. The third kappa shape index (κ3) is 2.70. The van der Waals surface area contributed by atoms with Crippen molar-refractivity contribution in [1.82, 2.24) is 4.98 Å². The van der Waals surface area contributed by atoms with E-state index in [-0.39, 0.29) is 5.57 Å². The molecule has 0 saturated carbocycles. The van der Waals surface area contributed by atoms with Gasteiger partial charge in [0, 0.05) is 16.9 Å². The third-order valence-electron chi connectivity index (χ3n) is 1.28. The van der Waals surface area contributed by atoms with Crippen LogP contribution in [0.2, 0.25) is 0 Å². The van der Waals surface area contributed by atoms with Gasteiger partial charge in [-0.25, -0.2) is 0 Å². The molecule has 1 heterocycles. The molecule has 0 aromatic carbocycles. The first kappa shape index (κ1) is 9.44. The van der Waals surface area contributed by atoms with Gasteiger partial charge < -0.3 is 0 Å². The van der Waals surface area contributed by atoms with Crippen LogP contribution >= 0.6 is 15.9 Å². The number of hydrogen-bond acceptors (Lipinski definition) is 3. The lowest BCUT2D eigenvalue weighted by atomic mass is 10.2. The van der Waals surface area contributed by atoms with Crippen molar-refractivity contribution >= 4 is 22.0 Å². The first-order chi connectivity index (χ1) is 6.26. The molecule has 0 spiro atoms. The molecule has 0 unspecified atom stereocenters. The van der Waals surface area contributed by atoms with Crippen LogP contribution in [0.3, 0.4) is 0 Å². The highest BCUT2D eigenvalue weighted by atomic mass is 79.9. The molecule has 0 fully saturated rings. The fourth-order valence-corrected chi connectivity index (χ4v) is 1.15. The molecule has 1 rings (SSSR count). The van der Waals surface area contributed by atoms with Crippen LogP contribution in [0.5, 0.6) is 0 Å². The van der Waals surface area contributed by atoms with E-state index in [9.17, 15) is 0 Å². The Labute approximate surface area is 84.1 Å². The van der Waals surface area contributed by atoms with E-state index in [0.29, 0.717) is 0 Å². The highest BCUT2D eigenvalue weighted by molar-refractivity contribution is 9.10. The zero-order valence-electron chi connectivity index (χ0n) is 6.53. The highest BCUT2D eigenvalue weighted by Gasteiger charge is 1.94. The molecule has 0 aliphatic heterocycles. The zero-order chi connectivity index (χ0) is 9.68. The van der Waals surface area contributed by atoms with Gasteiger partial charge in [0.1, 0.15) is 17.7 Å². The van der Waals surface area contributed by atoms with Gasteiger partial charge in [-0.05, 0) is 33.6 Å². The average molecular weight is 234 g/mol. The summed E-state index contributed by atoms with van der Waals surface area (Å²) in [5.74, 6) is 0. The van der Waals surface area contributed by atoms with Crippen molar-refractivity contribution in [1.29, 1.82) is 10.5 Å². The van der Waals surface area contributed by atoms with Crippen molar-refractivity contribution in [2.75, 3.05) is 0 Å². The van der Waals surface area contributed by atoms with Crippen molar-refractivity contribution in [3.05, 3.63) is 34.1 Å². The summed E-state index contributed by atoms with van der Waals surface area (Å²) in [6.07, 6.45) is 4.70. The van der Waals surface area contributed by atoms with E-state index in [1.165, 1.54) is 6.08 Å². The van der Waals surface area contributed by atoms with Gasteiger partial charge in [0.2, 0.25) is 0 Å². The van der Waals surface area contributed by atoms with Crippen LogP contribution in [0.1, 0.15) is 5.56 Å². The monoisotopic (exact) mass is 233 g/mol. The molecule has 0 radical (unpaired) electrons. The highest BCUT2D eigenvalue weighted by Crippen LogP contribution is 2.11. The fourth-order valence-electron chi connectivity index (χ4n) is 0.763. The Morgan fingerprint density at radius 2 is 2.08 bits per heavy atom. The number of pyridine rings is 1. The summed E-state index contributed by atoms with van der Waals surface area (Å²) in [5, 5.41) is 17.0. The molecule has 1 aromatic rings. The maximum Gasteiger partial charge on any atom is 0.130 e. The number of rotatable bonds is 1. The molecular formula is C9H4BrN3. The smallest absolute Gasteiger partial charge is 0.130 e. The summed E-state index contributed by atoms with van der Waals surface area (Å²) in [5.41, 5.74) is 0.798. The number of halogens is 1. The zero-order valence-corrected chi connectivity index (χ0v) is 8.12. The lowest BCUT2D eigenvalue weighted by Gasteiger charge is -1.92. The molecule has 3 nitrogen and oxygen atoms in total. The second kappa shape index (κ2) is 4.39. The van der Waals surface area contributed by atoms with Gasteiger partial charge in [0.05, 0.1) is 0 Å². The molecule has 0 aliphatic rings. The summed E-state index contributed by atoms with van der Waals surface area (Å²) in [7, 11) is 0. The Kier molecular flexibility index (Phi) is 3.19. The van der Waals surface area contributed by atoms with Crippen molar-refractivity contribution < 1.29 is 0 Å². The Morgan fingerprint density at radius 3 is 2.62 bits per heavy atom. The predicted octanol–water partition coefficient (Wildman–Crippen LogP) is 2.27. The van der Waals surface area contributed by atoms with Crippen LogP contribution in [0.4, 0.5) is 0 Å². The van der Waals surface area contributed by atoms with E-state index in [0.717, 1.165) is 10.0 Å². The van der Waals surface area contributed by atoms with Crippen LogP contribution in [-0.4, -0.2) is 4.98 Å². The summed E-state index contributed by atoms with van der Waals surface area (Å²) >= 11 is 3.24. The van der Waals surface area contributed by atoms with Gasteiger partial charge in [0.15, 0.2) is 0 Å². The minimum Gasteiger partial charge on any atom is -0.263 e. The normalized spacial score (nSPS) is 8.23. The van der Waals surface area contributed by atoms with E-state index < -0.39 is 0 Å². The Morgan fingerprint density at radius 1 is 1.38 bits per heavy atom. The molecule has 1 aromatic heterocycles. The van der Waals surface area contributed by atoms with Crippen LogP contribution in [0, 0.1) is 22.7 Å². The Hall–Kier alpha value is -1.65. The van der Waals surface area contributed by atoms with E-state index in [2.05, 4.69) is 20.9 Å². The number of nitrogens with zero attached hydrogens (tertiary/aromatic N) is 3. The quantitative estimate of drug-likeness (QED) is 0.700. The molecule has 0 bridgehead atoms. The summed E-state index contributed by atoms with van der Waals surface area (Å²) in [4.78, 5) is 3.90. The third-order valence-corrected chi connectivity index (χ3v) is 1.71. The van der Waals surface area contributed by atoms with Gasteiger partial charge in [0.25, 0.3) is 0 Å². The van der Waals surface area contributed by atoms with Crippen LogP contribution < -0.4 is 0 Å². The number of nitriles is 2. The Bertz CT molecular complexity index is 407. The first-order valence-corrected chi connectivity index (χ1v) is 4.18. The molecule has 0 aliphatic carbocycles. The molecular weight excluding hydrogens is 230 g/mol. The van der Waals surface area contributed by atoms with Crippen molar-refractivity contribution in [3.8, 4) is 12.1 Å². The minimum atomic E-state index is 0.0694. The van der Waals surface area contributed by atoms with Crippen molar-refractivity contribution in [3.63, 3.8) is 0 Å². The van der Waals surface area contributed by atoms with Gasteiger partial charge in [-0.1, -0.05) is 0 Å². The van der Waals surface area contributed by atoms with E-state index in [4.69, 9.17) is 10.5 Å². The molecule has 0 atom stereocenters. The van der Waals surface area contributed by atoms with E-state index in [1.807, 2.05) is 0 Å². The van der Waals surface area contributed by atoms with Crippen LogP contribution in [0.15, 0.2) is 28.5 Å². The lowest BCUT2D eigenvalue weighted by Crippen LogP contribution is -1.78. The standard InChI is InChI=1S/C9H4BrN3/c10-9-2-7(5-13-6-9)1-8(3-11)4-12/h1-2,5-6H. The van der Waals surface area contributed by atoms with E-state index >= 15 is 0 Å². The fraction of sp³-hybridized carbons (Fsp3) is 0. The molecule has 0 saturated heterocycles. The molecule has 0 amide bonds. The van der Waals surface area contributed by atoms with Gasteiger partial charge >= 0.3 is 0 Å². The number of hydrogen-bond donors (Lipinski definition) is 0. The van der Waals surface area contributed by atoms with Gasteiger partial charge in [-0.15, -0.1) is 0 Å². The predicted molar refractivity (Wildman–Crippen MR) is 51.1 cm³/mol. The largest absolute Gasteiger partial charge is 0.263 e. The number of allylic oxidation sites excluding steroid dienone is 1. The second-order valence-electron chi connectivity index (χ2n) is 2.22. The maximum absolute atomic E-state index is 8.48. The maximum atomic E-state index is 8.48. The van der Waals surface area contributed by atoms with Crippen LogP contribution in [-0.2, 0) is 0 Å². The van der Waals surface area contributed by atoms with Gasteiger partial charge in [-0.3, -0.25) is 4.98 Å². The van der Waals surface area contributed by atoms with E-state index in [1.54, 1.807) is 30.6 Å². The van der Waals surface area contributed by atoms with Crippen molar-refractivity contribution in [2.24, 2.45) is 0 Å². The SMILES string of the molecule is N#CC(C#N)=Cc1cncc(Br)c1. The molecule has 62 valence electrons. The van der Waals surface area contributed by atoms with Gasteiger partial charge in [-0.2, -0.15) is 10.5 Å². The molecule has 0 N–H and O–H groups in total. The van der Waals surface area contributed by atoms with Crippen LogP contribution in [0.25, 0.3) is 6.08 Å². The van der Waals surface area contributed by atoms with Crippen molar-refractivity contribution in [2.45, 2.75) is 0 Å². The molecule has 4 heteroatoms. The summed E-state index contributed by atoms with van der Waals surface area (Å²) in [6, 6.07) is 5.33. The average Bonchev–Trinajstić information content (AvgIpc) is 2.14. The number of aromatic nitrogens is 1. The minimum absolute atomic E-state index is 0.0694. The Balaban J connectivity index is 3.06.